The van der Waals surface area contributed by atoms with Gasteiger partial charge in [0.15, 0.2) is 0 Å². The summed E-state index contributed by atoms with van der Waals surface area (Å²) >= 11 is 7.21. The lowest BCUT2D eigenvalue weighted by atomic mass is 10.0. The molecule has 8 heteroatoms. The Hall–Kier alpha value is -2.38. The number of aryl methyl sites for hydroxylation is 1. The second-order valence-corrected chi connectivity index (χ2v) is 7.40. The van der Waals surface area contributed by atoms with Gasteiger partial charge in [-0.25, -0.2) is 4.79 Å². The molecule has 1 N–H and O–H groups in total. The predicted octanol–water partition coefficient (Wildman–Crippen LogP) is 3.41. The zero-order chi connectivity index (χ0) is 20.0. The fourth-order valence-corrected chi connectivity index (χ4v) is 3.78. The molecule has 27 heavy (non-hydrogen) atoms. The number of rotatable bonds is 8. The number of carboxylic acids is 1. The highest BCUT2D eigenvalue weighted by atomic mass is 35.5. The molecule has 6 nitrogen and oxygen atoms in total. The van der Waals surface area contributed by atoms with Gasteiger partial charge in [0.1, 0.15) is 10.6 Å². The fraction of sp³-hybridized carbons (Fsp3) is 0.316. The smallest absolute Gasteiger partial charge is 0.341 e. The van der Waals surface area contributed by atoms with Crippen LogP contribution in [0, 0.1) is 6.92 Å². The third kappa shape index (κ3) is 5.55. The van der Waals surface area contributed by atoms with Gasteiger partial charge in [0, 0.05) is 27.9 Å². The molecule has 0 unspecified atom stereocenters. The van der Waals surface area contributed by atoms with Crippen LogP contribution in [-0.2, 0) is 14.3 Å². The van der Waals surface area contributed by atoms with Crippen molar-refractivity contribution in [2.24, 2.45) is 0 Å². The van der Waals surface area contributed by atoms with Gasteiger partial charge in [0.05, 0.1) is 6.61 Å². The highest BCUT2D eigenvalue weighted by Gasteiger charge is 2.25. The van der Waals surface area contributed by atoms with Gasteiger partial charge >= 0.3 is 5.97 Å². The molecule has 0 bridgehead atoms. The van der Waals surface area contributed by atoms with Gasteiger partial charge in [0.25, 0.3) is 0 Å². The lowest BCUT2D eigenvalue weighted by Gasteiger charge is -2.09. The van der Waals surface area contributed by atoms with Crippen LogP contribution in [0.1, 0.15) is 41.4 Å². The number of esters is 1. The van der Waals surface area contributed by atoms with Crippen molar-refractivity contribution < 1.29 is 24.2 Å². The highest BCUT2D eigenvalue weighted by molar-refractivity contribution is 7.17. The molecule has 0 aliphatic rings. The normalized spacial score (nSPS) is 10.5. The van der Waals surface area contributed by atoms with Crippen molar-refractivity contribution in [2.75, 3.05) is 11.9 Å². The largest absolute Gasteiger partial charge is 0.550 e. The van der Waals surface area contributed by atoms with E-state index in [1.54, 1.807) is 31.2 Å². The van der Waals surface area contributed by atoms with Crippen molar-refractivity contribution in [3.05, 3.63) is 39.7 Å². The van der Waals surface area contributed by atoms with E-state index in [1.165, 1.54) is 11.3 Å². The minimum atomic E-state index is -1.20. The van der Waals surface area contributed by atoms with Crippen LogP contribution in [0.3, 0.4) is 0 Å². The Morgan fingerprint density at radius 3 is 2.44 bits per heavy atom. The molecule has 0 saturated carbocycles. The Morgan fingerprint density at radius 2 is 1.85 bits per heavy atom. The molecule has 0 spiro atoms. The summed E-state index contributed by atoms with van der Waals surface area (Å²) < 4.78 is 5.17. The Morgan fingerprint density at radius 1 is 1.19 bits per heavy atom. The number of hydrogen-bond acceptors (Lipinski definition) is 6. The van der Waals surface area contributed by atoms with Crippen LogP contribution >= 0.6 is 22.9 Å². The average molecular weight is 409 g/mol. The second kappa shape index (κ2) is 9.53. The maximum absolute atomic E-state index is 12.5. The maximum Gasteiger partial charge on any atom is 0.341 e. The molecule has 1 aromatic heterocycles. The van der Waals surface area contributed by atoms with E-state index in [2.05, 4.69) is 5.32 Å². The summed E-state index contributed by atoms with van der Waals surface area (Å²) in [6, 6.07) is 7.04. The molecule has 144 valence electrons. The summed E-state index contributed by atoms with van der Waals surface area (Å²) in [7, 11) is 0. The van der Waals surface area contributed by atoms with Crippen molar-refractivity contribution in [1.82, 2.24) is 0 Å². The third-order valence-electron chi connectivity index (χ3n) is 3.73. The van der Waals surface area contributed by atoms with Gasteiger partial charge in [-0.05, 0) is 44.4 Å². The molecule has 2 rings (SSSR count). The highest BCUT2D eigenvalue weighted by Crippen LogP contribution is 2.40. The predicted molar refractivity (Wildman–Crippen MR) is 103 cm³/mol. The standard InChI is InChI=1S/C19H20ClNO5S/c1-3-26-19(25)17-16(12-7-9-13(20)10-8-12)11(2)27-18(17)21-14(22)5-4-6-15(23)24/h7-10H,3-6H2,1-2H3,(H,21,22)(H,23,24)/p-1. The lowest BCUT2D eigenvalue weighted by molar-refractivity contribution is -0.305. The summed E-state index contributed by atoms with van der Waals surface area (Å²) in [4.78, 5) is 36.0. The molecule has 0 fully saturated rings. The van der Waals surface area contributed by atoms with Crippen LogP contribution in [0.25, 0.3) is 11.1 Å². The molecule has 0 saturated heterocycles. The number of aliphatic carboxylic acids is 1. The number of nitrogens with one attached hydrogen (secondary N) is 1. The Labute approximate surface area is 166 Å². The molecule has 1 amide bonds. The number of amides is 1. The summed E-state index contributed by atoms with van der Waals surface area (Å²) in [6.07, 6.45) is -0.0155. The number of carbonyl (C=O) groups excluding carboxylic acids is 3. The maximum atomic E-state index is 12.5. The minimum absolute atomic E-state index is 0.0173. The van der Waals surface area contributed by atoms with E-state index in [-0.39, 0.29) is 37.3 Å². The molecule has 1 heterocycles. The molecule has 0 aliphatic heterocycles. The number of halogens is 1. The zero-order valence-corrected chi connectivity index (χ0v) is 16.5. The Balaban J connectivity index is 2.35. The first kappa shape index (κ1) is 20.9. The number of anilines is 1. The van der Waals surface area contributed by atoms with Crippen LogP contribution < -0.4 is 10.4 Å². The quantitative estimate of drug-likeness (QED) is 0.675. The number of ether oxygens (including phenoxy) is 1. The van der Waals surface area contributed by atoms with E-state index < -0.39 is 11.9 Å². The van der Waals surface area contributed by atoms with Gasteiger partial charge in [-0.15, -0.1) is 11.3 Å². The SMILES string of the molecule is CCOC(=O)c1c(NC(=O)CCCC(=O)[O-])sc(C)c1-c1ccc(Cl)cc1. The molecular formula is C19H19ClNO5S-. The Bertz CT molecular complexity index is 845. The van der Waals surface area contributed by atoms with E-state index in [4.69, 9.17) is 16.3 Å². The van der Waals surface area contributed by atoms with Crippen molar-refractivity contribution >= 4 is 45.8 Å². The monoisotopic (exact) mass is 408 g/mol. The van der Waals surface area contributed by atoms with Crippen molar-refractivity contribution in [3.63, 3.8) is 0 Å². The molecular weight excluding hydrogens is 390 g/mol. The summed E-state index contributed by atoms with van der Waals surface area (Å²) in [5.74, 6) is -2.10. The van der Waals surface area contributed by atoms with Crippen LogP contribution in [-0.4, -0.2) is 24.5 Å². The third-order valence-corrected chi connectivity index (χ3v) is 5.01. The van der Waals surface area contributed by atoms with E-state index >= 15 is 0 Å². The average Bonchev–Trinajstić information content (AvgIpc) is 2.91. The van der Waals surface area contributed by atoms with Crippen LogP contribution in [0.5, 0.6) is 0 Å². The number of carboxylic acid groups (broad SMARTS) is 1. The van der Waals surface area contributed by atoms with Gasteiger partial charge in [-0.3, -0.25) is 4.79 Å². The van der Waals surface area contributed by atoms with Crippen molar-refractivity contribution in [1.29, 1.82) is 0 Å². The molecule has 2 aromatic rings. The summed E-state index contributed by atoms with van der Waals surface area (Å²) in [5, 5.41) is 14.1. The van der Waals surface area contributed by atoms with Gasteiger partial charge in [-0.2, -0.15) is 0 Å². The topological polar surface area (TPSA) is 95.5 Å². The second-order valence-electron chi connectivity index (χ2n) is 5.74. The van der Waals surface area contributed by atoms with Gasteiger partial charge in [-0.1, -0.05) is 23.7 Å². The Kier molecular flexibility index (Phi) is 7.38. The number of carbonyl (C=O) groups is 3. The van der Waals surface area contributed by atoms with E-state index in [9.17, 15) is 19.5 Å². The minimum Gasteiger partial charge on any atom is -0.550 e. The number of hydrogen-bond donors (Lipinski definition) is 1. The first-order valence-electron chi connectivity index (χ1n) is 8.39. The van der Waals surface area contributed by atoms with Crippen LogP contribution in [0.2, 0.25) is 5.02 Å². The van der Waals surface area contributed by atoms with Crippen LogP contribution in [0.15, 0.2) is 24.3 Å². The van der Waals surface area contributed by atoms with E-state index in [1.807, 2.05) is 6.92 Å². The fourth-order valence-electron chi connectivity index (χ4n) is 2.58. The molecule has 1 aromatic carbocycles. The molecule has 0 radical (unpaired) electrons. The van der Waals surface area contributed by atoms with E-state index in [0.717, 1.165) is 10.4 Å². The molecule has 0 atom stereocenters. The van der Waals surface area contributed by atoms with Gasteiger partial charge < -0.3 is 20.0 Å². The first-order valence-corrected chi connectivity index (χ1v) is 9.59. The zero-order valence-electron chi connectivity index (χ0n) is 15.0. The lowest BCUT2D eigenvalue weighted by Crippen LogP contribution is -2.22. The van der Waals surface area contributed by atoms with E-state index in [0.29, 0.717) is 15.6 Å². The van der Waals surface area contributed by atoms with Crippen molar-refractivity contribution in [2.45, 2.75) is 33.1 Å². The summed E-state index contributed by atoms with van der Waals surface area (Å²) in [6.45, 7) is 3.76. The van der Waals surface area contributed by atoms with Crippen LogP contribution in [0.4, 0.5) is 5.00 Å². The summed E-state index contributed by atoms with van der Waals surface area (Å²) in [5.41, 5.74) is 1.75. The van der Waals surface area contributed by atoms with Gasteiger partial charge in [0.2, 0.25) is 5.91 Å². The number of thiophene rings is 1. The first-order chi connectivity index (χ1) is 12.8. The van der Waals surface area contributed by atoms with Crippen molar-refractivity contribution in [3.8, 4) is 11.1 Å². The number of benzene rings is 1. The molecule has 0 aliphatic carbocycles.